The minimum atomic E-state index is -4.07. The molecule has 18 heavy (non-hydrogen) atoms. The normalized spacial score (nSPS) is 13.8. The average Bonchev–Trinajstić information content (AvgIpc) is 2.29. The Hall–Kier alpha value is -1.27. The summed E-state index contributed by atoms with van der Waals surface area (Å²) in [7, 11) is 0. The molecule has 1 N–H and O–H groups in total. The van der Waals surface area contributed by atoms with Gasteiger partial charge in [-0.25, -0.2) is 9.37 Å². The molecule has 0 aliphatic rings. The third kappa shape index (κ3) is 2.18. The van der Waals surface area contributed by atoms with E-state index in [1.807, 2.05) is 0 Å². The van der Waals surface area contributed by atoms with Crippen LogP contribution in [0, 0.1) is 0 Å². The molecule has 1 aromatic carbocycles. The highest BCUT2D eigenvalue weighted by atomic mass is 35.5. The van der Waals surface area contributed by atoms with Crippen molar-refractivity contribution in [3.8, 4) is 0 Å². The Morgan fingerprint density at radius 1 is 1.39 bits per heavy atom. The van der Waals surface area contributed by atoms with Crippen molar-refractivity contribution in [2.24, 2.45) is 0 Å². The highest BCUT2D eigenvalue weighted by Crippen LogP contribution is 2.33. The molecule has 8 heteroatoms. The van der Waals surface area contributed by atoms with E-state index in [4.69, 9.17) is 23.2 Å². The number of halogens is 5. The van der Waals surface area contributed by atoms with Gasteiger partial charge in [0.15, 0.2) is 5.82 Å². The van der Waals surface area contributed by atoms with E-state index < -0.39 is 22.9 Å². The second kappa shape index (κ2) is 4.44. The smallest absolute Gasteiger partial charge is 0.305 e. The van der Waals surface area contributed by atoms with Crippen molar-refractivity contribution in [1.29, 1.82) is 0 Å². The molecule has 0 spiro atoms. The Kier molecular flexibility index (Phi) is 3.25. The van der Waals surface area contributed by atoms with E-state index in [0.717, 1.165) is 0 Å². The van der Waals surface area contributed by atoms with E-state index in [1.165, 1.54) is 18.2 Å². The summed E-state index contributed by atoms with van der Waals surface area (Å²) < 4.78 is 39.2. The van der Waals surface area contributed by atoms with Gasteiger partial charge in [-0.1, -0.05) is 23.2 Å². The number of aromatic amines is 1. The van der Waals surface area contributed by atoms with Gasteiger partial charge in [0.2, 0.25) is 5.63 Å². The van der Waals surface area contributed by atoms with Crippen molar-refractivity contribution in [2.45, 2.75) is 11.6 Å². The van der Waals surface area contributed by atoms with Crippen molar-refractivity contribution in [2.75, 3.05) is 0 Å². The van der Waals surface area contributed by atoms with Gasteiger partial charge < -0.3 is 4.98 Å². The Morgan fingerprint density at radius 3 is 2.67 bits per heavy atom. The summed E-state index contributed by atoms with van der Waals surface area (Å²) in [5, 5.41) is 0.294. The van der Waals surface area contributed by atoms with Crippen molar-refractivity contribution < 1.29 is 13.2 Å². The van der Waals surface area contributed by atoms with Gasteiger partial charge in [0.05, 0.1) is 10.9 Å². The first kappa shape index (κ1) is 13.2. The summed E-state index contributed by atoms with van der Waals surface area (Å²) in [5.74, 6) is -5.20. The molecule has 2 rings (SSSR count). The third-order valence-corrected chi connectivity index (χ3v) is 2.77. The van der Waals surface area contributed by atoms with Crippen LogP contribution >= 0.6 is 23.2 Å². The van der Waals surface area contributed by atoms with E-state index in [1.54, 1.807) is 4.98 Å². The first-order valence-corrected chi connectivity index (χ1v) is 5.50. The van der Waals surface area contributed by atoms with Crippen molar-refractivity contribution in [3.05, 3.63) is 39.4 Å². The summed E-state index contributed by atoms with van der Waals surface area (Å²) in [6.07, 6.45) is 0. The molecular weight excluding hydrogens is 292 g/mol. The van der Waals surface area contributed by atoms with E-state index in [9.17, 15) is 18.0 Å². The van der Waals surface area contributed by atoms with Crippen LogP contribution in [0.4, 0.5) is 13.2 Å². The zero-order valence-corrected chi connectivity index (χ0v) is 10.1. The Labute approximate surface area is 109 Å². The fourth-order valence-corrected chi connectivity index (χ4v) is 1.65. The molecule has 0 amide bonds. The highest BCUT2D eigenvalue weighted by molar-refractivity contribution is 6.31. The van der Waals surface area contributed by atoms with Crippen LogP contribution in [0.25, 0.3) is 10.9 Å². The molecule has 0 saturated carbocycles. The number of hydrogen-bond acceptors (Lipinski definition) is 2. The van der Waals surface area contributed by atoms with Crippen LogP contribution in [0.3, 0.4) is 0 Å². The van der Waals surface area contributed by atoms with Crippen molar-refractivity contribution in [1.82, 2.24) is 9.97 Å². The van der Waals surface area contributed by atoms with Crippen molar-refractivity contribution in [3.63, 3.8) is 0 Å². The van der Waals surface area contributed by atoms with E-state index >= 15 is 0 Å². The van der Waals surface area contributed by atoms with Gasteiger partial charge in [0.25, 0.3) is 5.56 Å². The van der Waals surface area contributed by atoms with Gasteiger partial charge in [-0.05, 0) is 18.2 Å². The van der Waals surface area contributed by atoms with Crippen LogP contribution in [-0.2, 0) is 5.92 Å². The van der Waals surface area contributed by atoms with E-state index in [0.29, 0.717) is 0 Å². The summed E-state index contributed by atoms with van der Waals surface area (Å²) in [5.41, 5.74) is -3.84. The second-order valence-electron chi connectivity index (χ2n) is 3.50. The lowest BCUT2D eigenvalue weighted by Gasteiger charge is -2.15. The minimum absolute atomic E-state index is 0.0184. The Balaban J connectivity index is 2.71. The predicted molar refractivity (Wildman–Crippen MR) is 62.0 cm³/mol. The number of hydrogen-bond donors (Lipinski definition) is 1. The van der Waals surface area contributed by atoms with Gasteiger partial charge in [-0.2, -0.15) is 8.78 Å². The predicted octanol–water partition coefficient (Wildman–Crippen LogP) is 3.20. The number of benzene rings is 1. The van der Waals surface area contributed by atoms with E-state index in [-0.39, 0.29) is 15.9 Å². The maximum absolute atomic E-state index is 13.3. The fourth-order valence-electron chi connectivity index (χ4n) is 1.37. The molecule has 0 fully saturated rings. The number of aromatic nitrogens is 2. The van der Waals surface area contributed by atoms with Gasteiger partial charge in [-0.15, -0.1) is 0 Å². The van der Waals surface area contributed by atoms with Crippen LogP contribution in [0.15, 0.2) is 23.0 Å². The van der Waals surface area contributed by atoms with Crippen LogP contribution in [0.5, 0.6) is 0 Å². The number of H-pyrrole nitrogens is 1. The molecule has 3 nitrogen and oxygen atoms in total. The van der Waals surface area contributed by atoms with Gasteiger partial charge in [0.1, 0.15) is 0 Å². The first-order chi connectivity index (χ1) is 8.32. The number of nitrogens with one attached hydrogen (secondary N) is 1. The quantitative estimate of drug-likeness (QED) is 0.865. The second-order valence-corrected chi connectivity index (χ2v) is 4.32. The molecule has 1 aromatic heterocycles. The molecule has 96 valence electrons. The summed E-state index contributed by atoms with van der Waals surface area (Å²) >= 11 is 10.4. The molecular formula is C10H5Cl2F3N2O. The fraction of sp³-hybridized carbons (Fsp3) is 0.200. The van der Waals surface area contributed by atoms with Crippen LogP contribution in [-0.4, -0.2) is 15.6 Å². The van der Waals surface area contributed by atoms with Gasteiger partial charge in [-0.3, -0.25) is 4.79 Å². The monoisotopic (exact) mass is 296 g/mol. The topological polar surface area (TPSA) is 45.8 Å². The van der Waals surface area contributed by atoms with Crippen LogP contribution < -0.4 is 5.56 Å². The molecule has 1 unspecified atom stereocenters. The van der Waals surface area contributed by atoms with Gasteiger partial charge in [0, 0.05) is 5.02 Å². The summed E-state index contributed by atoms with van der Waals surface area (Å²) in [6, 6.07) is 3.94. The number of fused-ring (bicyclic) bond motifs is 1. The molecule has 1 heterocycles. The van der Waals surface area contributed by atoms with Crippen LogP contribution in [0.1, 0.15) is 5.82 Å². The SMILES string of the molecule is O=c1[nH]c(C(F)(F)C(F)Cl)nc2ccc(Cl)cc12. The lowest BCUT2D eigenvalue weighted by molar-refractivity contribution is -0.0542. The molecule has 0 radical (unpaired) electrons. The van der Waals surface area contributed by atoms with E-state index in [2.05, 4.69) is 4.98 Å². The molecule has 0 aliphatic heterocycles. The number of alkyl halides is 4. The molecule has 0 aliphatic carbocycles. The maximum Gasteiger partial charge on any atom is 0.348 e. The lowest BCUT2D eigenvalue weighted by Crippen LogP contribution is -2.28. The highest BCUT2D eigenvalue weighted by Gasteiger charge is 2.44. The summed E-state index contributed by atoms with van der Waals surface area (Å²) in [6.45, 7) is 0. The number of nitrogens with zero attached hydrogens (tertiary/aromatic N) is 1. The Bertz CT molecular complexity index is 657. The minimum Gasteiger partial charge on any atom is -0.305 e. The first-order valence-electron chi connectivity index (χ1n) is 4.68. The Morgan fingerprint density at radius 2 is 2.06 bits per heavy atom. The molecule has 1 atom stereocenters. The zero-order chi connectivity index (χ0) is 13.5. The third-order valence-electron chi connectivity index (χ3n) is 2.26. The van der Waals surface area contributed by atoms with Crippen LogP contribution in [0.2, 0.25) is 5.02 Å². The molecule has 0 bridgehead atoms. The standard InChI is InChI=1S/C10H5Cl2F3N2O/c11-4-1-2-6-5(3-4)7(18)17-9(16-6)10(14,15)8(12)13/h1-3,8H,(H,16,17,18). The van der Waals surface area contributed by atoms with Gasteiger partial charge >= 0.3 is 5.92 Å². The molecule has 0 saturated heterocycles. The average molecular weight is 297 g/mol. The largest absolute Gasteiger partial charge is 0.348 e. The summed E-state index contributed by atoms with van der Waals surface area (Å²) in [4.78, 5) is 16.8. The zero-order valence-electron chi connectivity index (χ0n) is 8.55. The van der Waals surface area contributed by atoms with Crippen molar-refractivity contribution >= 4 is 34.1 Å². The molecule has 2 aromatic rings. The lowest BCUT2D eigenvalue weighted by atomic mass is 10.2. The number of rotatable bonds is 2. The maximum atomic E-state index is 13.3.